The first-order chi connectivity index (χ1) is 11.3. The lowest BCUT2D eigenvalue weighted by molar-refractivity contribution is 0.406. The molecule has 2 aromatic rings. The largest absolute Gasteiger partial charge is 0.507 e. The van der Waals surface area contributed by atoms with Crippen molar-refractivity contribution in [1.29, 1.82) is 0 Å². The van der Waals surface area contributed by atoms with Crippen LogP contribution in [0.25, 0.3) is 0 Å². The average Bonchev–Trinajstić information content (AvgIpc) is 2.58. The number of aryl methyl sites for hydroxylation is 2. The molecule has 0 amide bonds. The number of rotatable bonds is 5. The first-order valence-corrected chi connectivity index (χ1v) is 8.67. The zero-order valence-electron chi connectivity index (χ0n) is 14.6. The maximum Gasteiger partial charge on any atom is 0.192 e. The number of aromatic hydroxyl groups is 2. The van der Waals surface area contributed by atoms with E-state index in [0.717, 1.165) is 22.3 Å². The molecule has 2 rings (SSSR count). The van der Waals surface area contributed by atoms with Crippen LogP contribution in [0.3, 0.4) is 0 Å². The zero-order chi connectivity index (χ0) is 18.0. The summed E-state index contributed by atoms with van der Waals surface area (Å²) in [5.41, 5.74) is 3.14. The van der Waals surface area contributed by atoms with E-state index in [9.17, 15) is 10.2 Å². The summed E-state index contributed by atoms with van der Waals surface area (Å²) in [5.74, 6) is 1.91. The van der Waals surface area contributed by atoms with Gasteiger partial charge in [-0.3, -0.25) is 0 Å². The summed E-state index contributed by atoms with van der Waals surface area (Å²) in [6.07, 6.45) is 0. The Morgan fingerprint density at radius 1 is 0.833 bits per heavy atom. The second-order valence-electron chi connectivity index (χ2n) is 6.21. The predicted octanol–water partition coefficient (Wildman–Crippen LogP) is 5.36. The molecule has 0 aliphatic carbocycles. The summed E-state index contributed by atoms with van der Waals surface area (Å²) in [5, 5.41) is 20.9. The van der Waals surface area contributed by atoms with E-state index in [2.05, 4.69) is 0 Å². The summed E-state index contributed by atoms with van der Waals surface area (Å²) < 4.78 is 10.6. The number of hydrogen-bond acceptors (Lipinski definition) is 4. The average molecular weight is 442 g/mol. The quantitative estimate of drug-likeness (QED) is 0.613. The Kier molecular flexibility index (Phi) is 5.85. The Balaban J connectivity index is 2.49. The maximum atomic E-state index is 10.5. The van der Waals surface area contributed by atoms with Crippen LogP contribution in [0.15, 0.2) is 24.3 Å². The Morgan fingerprint density at radius 3 is 1.67 bits per heavy atom. The lowest BCUT2D eigenvalue weighted by atomic mass is 9.82. The standard InChI is InChI=1S/C19H23IO4/c1-10-6-14(23-5)8-16(18(10)21)12(3)13(4)17-9-15(24-20)7-11(2)19(17)22/h6-9,12-13,21-22H,1-5H3. The second-order valence-corrected chi connectivity index (χ2v) is 6.66. The zero-order valence-corrected chi connectivity index (χ0v) is 16.7. The minimum absolute atomic E-state index is 0.0199. The van der Waals surface area contributed by atoms with Gasteiger partial charge in [-0.2, -0.15) is 0 Å². The van der Waals surface area contributed by atoms with Gasteiger partial charge in [-0.25, -0.2) is 0 Å². The molecule has 0 spiro atoms. The molecule has 24 heavy (non-hydrogen) atoms. The molecule has 2 N–H and O–H groups in total. The van der Waals surface area contributed by atoms with Gasteiger partial charge in [-0.15, -0.1) is 0 Å². The Morgan fingerprint density at radius 2 is 1.25 bits per heavy atom. The van der Waals surface area contributed by atoms with Crippen LogP contribution >= 0.6 is 23.0 Å². The van der Waals surface area contributed by atoms with E-state index in [-0.39, 0.29) is 23.3 Å². The van der Waals surface area contributed by atoms with Gasteiger partial charge in [0.25, 0.3) is 0 Å². The number of methoxy groups -OCH3 is 1. The number of phenols is 2. The molecule has 2 atom stereocenters. The van der Waals surface area contributed by atoms with Crippen molar-refractivity contribution in [1.82, 2.24) is 0 Å². The van der Waals surface area contributed by atoms with Gasteiger partial charge in [0.1, 0.15) is 23.0 Å². The fourth-order valence-electron chi connectivity index (χ4n) is 2.94. The van der Waals surface area contributed by atoms with Crippen molar-refractivity contribution in [2.75, 3.05) is 7.11 Å². The van der Waals surface area contributed by atoms with Crippen LogP contribution in [0, 0.1) is 13.8 Å². The minimum atomic E-state index is -0.0207. The molecular weight excluding hydrogens is 419 g/mol. The van der Waals surface area contributed by atoms with Gasteiger partial charge in [-0.05, 0) is 61.1 Å². The van der Waals surface area contributed by atoms with Gasteiger partial charge in [-0.1, -0.05) is 13.8 Å². The summed E-state index contributed by atoms with van der Waals surface area (Å²) >= 11 is 1.83. The van der Waals surface area contributed by atoms with Gasteiger partial charge in [0, 0.05) is 11.1 Å². The van der Waals surface area contributed by atoms with Crippen molar-refractivity contribution < 1.29 is 18.0 Å². The van der Waals surface area contributed by atoms with Crippen LogP contribution in [0.1, 0.15) is 47.9 Å². The minimum Gasteiger partial charge on any atom is -0.507 e. The highest BCUT2D eigenvalue weighted by Crippen LogP contribution is 2.44. The second kappa shape index (κ2) is 7.51. The molecule has 0 aromatic heterocycles. The first kappa shape index (κ1) is 18.7. The van der Waals surface area contributed by atoms with Crippen molar-refractivity contribution >= 4 is 23.0 Å². The van der Waals surface area contributed by atoms with Crippen LogP contribution < -0.4 is 7.80 Å². The van der Waals surface area contributed by atoms with Crippen LogP contribution in [-0.2, 0) is 0 Å². The van der Waals surface area contributed by atoms with Crippen molar-refractivity contribution in [3.63, 3.8) is 0 Å². The summed E-state index contributed by atoms with van der Waals surface area (Å²) in [4.78, 5) is 0. The van der Waals surface area contributed by atoms with E-state index in [4.69, 9.17) is 7.80 Å². The van der Waals surface area contributed by atoms with Crippen molar-refractivity contribution in [3.05, 3.63) is 46.5 Å². The smallest absolute Gasteiger partial charge is 0.192 e. The Hall–Kier alpha value is -1.63. The van der Waals surface area contributed by atoms with Crippen LogP contribution in [0.2, 0.25) is 0 Å². The maximum absolute atomic E-state index is 10.5. The molecule has 0 bridgehead atoms. The van der Waals surface area contributed by atoms with E-state index in [0.29, 0.717) is 11.5 Å². The summed E-state index contributed by atoms with van der Waals surface area (Å²) in [6.45, 7) is 7.77. The molecular formula is C19H23IO4. The molecule has 0 fully saturated rings. The van der Waals surface area contributed by atoms with Crippen LogP contribution in [0.5, 0.6) is 23.0 Å². The third-order valence-electron chi connectivity index (χ3n) is 4.66. The molecule has 0 aliphatic heterocycles. The highest BCUT2D eigenvalue weighted by Gasteiger charge is 2.24. The number of halogens is 1. The van der Waals surface area contributed by atoms with Crippen LogP contribution in [-0.4, -0.2) is 17.3 Å². The normalized spacial score (nSPS) is 13.4. The van der Waals surface area contributed by atoms with Crippen LogP contribution in [0.4, 0.5) is 0 Å². The molecule has 0 heterocycles. The molecule has 4 nitrogen and oxygen atoms in total. The molecule has 0 aliphatic rings. The Bertz CT molecular complexity index is 679. The highest BCUT2D eigenvalue weighted by molar-refractivity contribution is 14.1. The van der Waals surface area contributed by atoms with Crippen molar-refractivity contribution in [3.8, 4) is 23.0 Å². The number of benzene rings is 2. The van der Waals surface area contributed by atoms with Crippen molar-refractivity contribution in [2.24, 2.45) is 0 Å². The SMILES string of the molecule is COc1cc(C)c(O)c(C(C)C(C)c2cc(OI)cc(C)c2O)c1. The van der Waals surface area contributed by atoms with Gasteiger partial charge in [0.15, 0.2) is 23.0 Å². The molecule has 2 aromatic carbocycles. The topological polar surface area (TPSA) is 58.9 Å². The van der Waals surface area contributed by atoms with E-state index in [1.807, 2.05) is 68.9 Å². The van der Waals surface area contributed by atoms with Gasteiger partial charge >= 0.3 is 0 Å². The highest BCUT2D eigenvalue weighted by atomic mass is 127. The van der Waals surface area contributed by atoms with E-state index < -0.39 is 0 Å². The fourth-order valence-corrected chi connectivity index (χ4v) is 3.19. The summed E-state index contributed by atoms with van der Waals surface area (Å²) in [7, 11) is 1.61. The number of hydrogen-bond donors (Lipinski definition) is 2. The molecule has 0 saturated carbocycles. The van der Waals surface area contributed by atoms with E-state index >= 15 is 0 Å². The third kappa shape index (κ3) is 3.55. The van der Waals surface area contributed by atoms with E-state index in [1.165, 1.54) is 0 Å². The first-order valence-electron chi connectivity index (χ1n) is 7.79. The summed E-state index contributed by atoms with van der Waals surface area (Å²) in [6, 6.07) is 7.31. The third-order valence-corrected chi connectivity index (χ3v) is 5.17. The number of phenolic OH excluding ortho intramolecular Hbond substituents is 2. The molecule has 130 valence electrons. The van der Waals surface area contributed by atoms with Gasteiger partial charge < -0.3 is 18.0 Å². The van der Waals surface area contributed by atoms with Gasteiger partial charge in [0.05, 0.1) is 7.11 Å². The number of ether oxygens (including phenoxy) is 1. The van der Waals surface area contributed by atoms with E-state index in [1.54, 1.807) is 13.2 Å². The lowest BCUT2D eigenvalue weighted by Crippen LogP contribution is -2.07. The Labute approximate surface area is 157 Å². The molecule has 2 unspecified atom stereocenters. The predicted molar refractivity (Wildman–Crippen MR) is 104 cm³/mol. The lowest BCUT2D eigenvalue weighted by Gasteiger charge is -2.24. The molecule has 5 heteroatoms. The molecule has 0 saturated heterocycles. The van der Waals surface area contributed by atoms with Crippen molar-refractivity contribution in [2.45, 2.75) is 39.5 Å². The van der Waals surface area contributed by atoms with Gasteiger partial charge in [0.2, 0.25) is 0 Å². The monoisotopic (exact) mass is 442 g/mol. The molecule has 0 radical (unpaired) electrons. The fraction of sp³-hybridized carbons (Fsp3) is 0.368.